The minimum Gasteiger partial charge on any atom is -0.306 e. The van der Waals surface area contributed by atoms with Crippen LogP contribution in [-0.4, -0.2) is 25.7 Å². The molecule has 0 atom stereocenters. The number of nitrogens with zero attached hydrogens (tertiary/aromatic N) is 4. The van der Waals surface area contributed by atoms with Gasteiger partial charge in [-0.2, -0.15) is 36.1 Å². The van der Waals surface area contributed by atoms with E-state index in [-0.39, 0.29) is 28.5 Å². The van der Waals surface area contributed by atoms with Crippen LogP contribution in [0.3, 0.4) is 0 Å². The van der Waals surface area contributed by atoms with E-state index in [2.05, 4.69) is 20.4 Å². The number of hydrogen-bond acceptors (Lipinski definition) is 4. The number of carbonyl (C=O) groups excluding carboxylic acids is 1. The number of carbonyl (C=O) groups is 1. The van der Waals surface area contributed by atoms with Gasteiger partial charge < -0.3 is 5.32 Å². The number of rotatable bonds is 5. The molecular formula is C28H17F6N5O. The Labute approximate surface area is 223 Å². The highest BCUT2D eigenvalue weighted by atomic mass is 19.4. The summed E-state index contributed by atoms with van der Waals surface area (Å²) in [5.41, 5.74) is 0.0372. The monoisotopic (exact) mass is 553 g/mol. The van der Waals surface area contributed by atoms with Crippen molar-refractivity contribution in [1.29, 1.82) is 0 Å². The van der Waals surface area contributed by atoms with Crippen molar-refractivity contribution in [3.63, 3.8) is 0 Å². The fraction of sp³-hybridized carbons (Fsp3) is 0.0714. The van der Waals surface area contributed by atoms with Crippen LogP contribution in [0, 0.1) is 0 Å². The van der Waals surface area contributed by atoms with Gasteiger partial charge in [-0.3, -0.25) is 4.79 Å². The SMILES string of the molecule is O=C(Nc1ccnn1-c1nc(C(F)(F)F)nc(-c2ccccc2)c1-c1ccccc1)c1ccc(C(F)(F)F)cc1. The number of anilines is 1. The lowest BCUT2D eigenvalue weighted by Crippen LogP contribution is -2.19. The van der Waals surface area contributed by atoms with Crippen LogP contribution in [-0.2, 0) is 12.4 Å². The van der Waals surface area contributed by atoms with Crippen LogP contribution in [0.5, 0.6) is 0 Å². The predicted molar refractivity (Wildman–Crippen MR) is 134 cm³/mol. The zero-order valence-electron chi connectivity index (χ0n) is 20.2. The lowest BCUT2D eigenvalue weighted by atomic mass is 9.99. The van der Waals surface area contributed by atoms with Crippen molar-refractivity contribution in [2.24, 2.45) is 0 Å². The Morgan fingerprint density at radius 3 is 1.88 bits per heavy atom. The van der Waals surface area contributed by atoms with Crippen molar-refractivity contribution < 1.29 is 31.1 Å². The second-order valence-electron chi connectivity index (χ2n) is 8.48. The summed E-state index contributed by atoms with van der Waals surface area (Å²) >= 11 is 0. The molecule has 6 nitrogen and oxygen atoms in total. The van der Waals surface area contributed by atoms with Gasteiger partial charge in [0.25, 0.3) is 5.91 Å². The molecule has 2 heterocycles. The summed E-state index contributed by atoms with van der Waals surface area (Å²) in [5, 5.41) is 6.62. The number of aromatic nitrogens is 4. The first-order valence-electron chi connectivity index (χ1n) is 11.7. The maximum absolute atomic E-state index is 14.0. The van der Waals surface area contributed by atoms with Crippen molar-refractivity contribution in [3.05, 3.63) is 114 Å². The van der Waals surface area contributed by atoms with Gasteiger partial charge in [-0.05, 0) is 29.8 Å². The summed E-state index contributed by atoms with van der Waals surface area (Å²) < 4.78 is 81.7. The van der Waals surface area contributed by atoms with Crippen LogP contribution in [0.25, 0.3) is 28.2 Å². The second kappa shape index (κ2) is 10.3. The van der Waals surface area contributed by atoms with Gasteiger partial charge in [-0.25, -0.2) is 9.97 Å². The van der Waals surface area contributed by atoms with Crippen molar-refractivity contribution in [2.45, 2.75) is 12.4 Å². The fourth-order valence-corrected chi connectivity index (χ4v) is 3.97. The molecule has 1 N–H and O–H groups in total. The van der Waals surface area contributed by atoms with E-state index in [0.29, 0.717) is 11.1 Å². The molecule has 0 fully saturated rings. The van der Waals surface area contributed by atoms with Crippen LogP contribution < -0.4 is 5.32 Å². The third-order valence-corrected chi connectivity index (χ3v) is 5.81. The molecule has 3 aromatic carbocycles. The predicted octanol–water partition coefficient (Wildman–Crippen LogP) is 7.29. The third-order valence-electron chi connectivity index (χ3n) is 5.81. The number of alkyl halides is 6. The molecule has 0 aliphatic carbocycles. The Balaban J connectivity index is 1.66. The summed E-state index contributed by atoms with van der Waals surface area (Å²) in [6, 6.07) is 21.5. The third kappa shape index (κ3) is 5.41. The molecule has 1 amide bonds. The van der Waals surface area contributed by atoms with Gasteiger partial charge in [0.05, 0.1) is 23.0 Å². The number of benzene rings is 3. The Bertz CT molecular complexity index is 1650. The molecule has 0 aliphatic rings. The van der Waals surface area contributed by atoms with E-state index >= 15 is 0 Å². The topological polar surface area (TPSA) is 72.7 Å². The van der Waals surface area contributed by atoms with Crippen molar-refractivity contribution in [2.75, 3.05) is 5.32 Å². The van der Waals surface area contributed by atoms with Gasteiger partial charge in [0, 0.05) is 17.2 Å². The highest BCUT2D eigenvalue weighted by Gasteiger charge is 2.37. The molecule has 202 valence electrons. The van der Waals surface area contributed by atoms with Crippen molar-refractivity contribution in [1.82, 2.24) is 19.7 Å². The summed E-state index contributed by atoms with van der Waals surface area (Å²) in [4.78, 5) is 20.6. The van der Waals surface area contributed by atoms with Gasteiger partial charge in [0.2, 0.25) is 5.82 Å². The molecule has 2 aromatic heterocycles. The maximum atomic E-state index is 14.0. The molecule has 0 saturated carbocycles. The molecule has 5 rings (SSSR count). The first kappa shape index (κ1) is 26.6. The van der Waals surface area contributed by atoms with Gasteiger partial charge >= 0.3 is 12.4 Å². The van der Waals surface area contributed by atoms with E-state index in [0.717, 1.165) is 28.9 Å². The zero-order valence-corrected chi connectivity index (χ0v) is 20.2. The van der Waals surface area contributed by atoms with E-state index in [9.17, 15) is 31.1 Å². The molecule has 0 spiro atoms. The van der Waals surface area contributed by atoms with E-state index in [1.54, 1.807) is 60.7 Å². The first-order valence-corrected chi connectivity index (χ1v) is 11.7. The normalized spacial score (nSPS) is 11.8. The number of amides is 1. The molecule has 0 radical (unpaired) electrons. The van der Waals surface area contributed by atoms with E-state index in [1.807, 2.05) is 0 Å². The van der Waals surface area contributed by atoms with Gasteiger partial charge in [0.15, 0.2) is 5.82 Å². The molecular weight excluding hydrogens is 536 g/mol. The Morgan fingerprint density at radius 1 is 0.700 bits per heavy atom. The fourth-order valence-electron chi connectivity index (χ4n) is 3.97. The van der Waals surface area contributed by atoms with Gasteiger partial charge in [0.1, 0.15) is 5.82 Å². The average Bonchev–Trinajstić information content (AvgIpc) is 3.40. The van der Waals surface area contributed by atoms with E-state index in [1.165, 1.54) is 12.3 Å². The van der Waals surface area contributed by atoms with Crippen molar-refractivity contribution >= 4 is 11.7 Å². The van der Waals surface area contributed by atoms with E-state index < -0.39 is 29.6 Å². The largest absolute Gasteiger partial charge is 0.451 e. The van der Waals surface area contributed by atoms with Crippen LogP contribution in [0.4, 0.5) is 32.2 Å². The van der Waals surface area contributed by atoms with Crippen molar-refractivity contribution in [3.8, 4) is 28.2 Å². The molecule has 12 heteroatoms. The van der Waals surface area contributed by atoms with Crippen LogP contribution in [0.1, 0.15) is 21.7 Å². The standard InChI is InChI=1S/C28H17F6N5O/c29-27(30,31)20-13-11-19(12-14-20)25(40)36-21-15-16-35-39(21)24-22(17-7-3-1-4-8-17)23(18-9-5-2-6-10-18)37-26(38-24)28(32,33)34/h1-16H,(H,36,40). The zero-order chi connectivity index (χ0) is 28.5. The Kier molecular flexibility index (Phi) is 6.84. The highest BCUT2D eigenvalue weighted by molar-refractivity contribution is 6.04. The summed E-state index contributed by atoms with van der Waals surface area (Å²) in [6.45, 7) is 0. The Morgan fingerprint density at radius 2 is 1.30 bits per heavy atom. The molecule has 0 bridgehead atoms. The van der Waals surface area contributed by atoms with E-state index in [4.69, 9.17) is 0 Å². The average molecular weight is 553 g/mol. The lowest BCUT2D eigenvalue weighted by Gasteiger charge is -2.18. The van der Waals surface area contributed by atoms with Crippen LogP contribution >= 0.6 is 0 Å². The molecule has 0 unspecified atom stereocenters. The second-order valence-corrected chi connectivity index (χ2v) is 8.48. The lowest BCUT2D eigenvalue weighted by molar-refractivity contribution is -0.145. The van der Waals surface area contributed by atoms with Gasteiger partial charge in [-0.1, -0.05) is 60.7 Å². The number of hydrogen-bond donors (Lipinski definition) is 1. The quantitative estimate of drug-likeness (QED) is 0.232. The highest BCUT2D eigenvalue weighted by Crippen LogP contribution is 2.38. The van der Waals surface area contributed by atoms with Crippen LogP contribution in [0.2, 0.25) is 0 Å². The maximum Gasteiger partial charge on any atom is 0.451 e. The summed E-state index contributed by atoms with van der Waals surface area (Å²) in [6.07, 6.45) is -8.25. The smallest absolute Gasteiger partial charge is 0.306 e. The molecule has 0 saturated heterocycles. The number of halogens is 6. The van der Waals surface area contributed by atoms with Gasteiger partial charge in [-0.15, -0.1) is 0 Å². The first-order chi connectivity index (χ1) is 19.0. The molecule has 5 aromatic rings. The Hall–Kier alpha value is -5.00. The minimum atomic E-state index is -4.91. The number of nitrogens with one attached hydrogen (secondary N) is 1. The minimum absolute atomic E-state index is 0.0142. The summed E-state index contributed by atoms with van der Waals surface area (Å²) in [7, 11) is 0. The molecule has 40 heavy (non-hydrogen) atoms. The summed E-state index contributed by atoms with van der Waals surface area (Å²) in [5.74, 6) is -2.55. The van der Waals surface area contributed by atoms with Crippen LogP contribution in [0.15, 0.2) is 97.2 Å². The molecule has 0 aliphatic heterocycles.